The minimum absolute atomic E-state index is 0.0706. The average molecular weight is 306 g/mol. The van der Waals surface area contributed by atoms with Gasteiger partial charge in [0.25, 0.3) is 0 Å². The van der Waals surface area contributed by atoms with Gasteiger partial charge in [0.15, 0.2) is 24.0 Å². The number of rotatable bonds is 7. The van der Waals surface area contributed by atoms with Crippen molar-refractivity contribution in [3.63, 3.8) is 0 Å². The number of benzene rings is 1. The number of para-hydroxylation sites is 1. The quantitative estimate of drug-likeness (QED) is 0.569. The number of hydrogen-bond acceptors (Lipinski definition) is 6. The highest BCUT2D eigenvalue weighted by Gasteiger charge is 2.33. The maximum atomic E-state index is 13.2. The monoisotopic (exact) mass is 306 g/mol. The second-order valence-electron chi connectivity index (χ2n) is 3.71. The first-order chi connectivity index (χ1) is 9.42. The average Bonchev–Trinajstić information content (AvgIpc) is 2.45. The number of halogens is 1. The molecule has 0 fully saturated rings. The molecular weight excluding hydrogens is 290 g/mol. The van der Waals surface area contributed by atoms with Gasteiger partial charge in [-0.05, 0) is 19.1 Å². The van der Waals surface area contributed by atoms with Crippen LogP contribution in [-0.2, 0) is 23.1 Å². The van der Waals surface area contributed by atoms with Crippen LogP contribution in [0.5, 0.6) is 5.75 Å². The first-order valence-corrected chi connectivity index (χ1v) is 7.32. The van der Waals surface area contributed by atoms with Crippen molar-refractivity contribution in [1.82, 2.24) is 0 Å². The normalized spacial score (nSPS) is 12.8. The van der Waals surface area contributed by atoms with Crippen LogP contribution in [-0.4, -0.2) is 32.6 Å². The van der Waals surface area contributed by atoms with Gasteiger partial charge in [-0.2, -0.15) is 0 Å². The summed E-state index contributed by atoms with van der Waals surface area (Å²) >= 11 is 0. The number of carbonyl (C=O) groups is 1. The molecular formula is C12H16FO6P. The van der Waals surface area contributed by atoms with Gasteiger partial charge in [0.1, 0.15) is 0 Å². The predicted octanol–water partition coefficient (Wildman–Crippen LogP) is 2.58. The molecule has 1 aromatic carbocycles. The van der Waals surface area contributed by atoms with Crippen molar-refractivity contribution in [2.75, 3.05) is 20.8 Å². The summed E-state index contributed by atoms with van der Waals surface area (Å²) < 4.78 is 44.3. The fourth-order valence-electron chi connectivity index (χ4n) is 1.36. The lowest BCUT2D eigenvalue weighted by atomic mass is 10.3. The molecule has 0 saturated carbocycles. The molecule has 1 aromatic rings. The van der Waals surface area contributed by atoms with Gasteiger partial charge in [-0.15, -0.1) is 0 Å². The highest BCUT2D eigenvalue weighted by molar-refractivity contribution is 7.54. The van der Waals surface area contributed by atoms with E-state index in [2.05, 4.69) is 9.05 Å². The molecule has 20 heavy (non-hydrogen) atoms. The topological polar surface area (TPSA) is 71.1 Å². The van der Waals surface area contributed by atoms with Crippen LogP contribution in [0.4, 0.5) is 4.39 Å². The molecule has 8 heteroatoms. The van der Waals surface area contributed by atoms with Gasteiger partial charge < -0.3 is 18.5 Å². The van der Waals surface area contributed by atoms with Crippen molar-refractivity contribution >= 4 is 13.6 Å². The summed E-state index contributed by atoms with van der Waals surface area (Å²) in [7, 11) is -1.13. The molecule has 0 spiro atoms. The molecule has 0 N–H and O–H groups in total. The van der Waals surface area contributed by atoms with Crippen molar-refractivity contribution < 1.29 is 32.3 Å². The third kappa shape index (κ3) is 4.30. The van der Waals surface area contributed by atoms with Crippen LogP contribution >= 0.6 is 7.60 Å². The van der Waals surface area contributed by atoms with Crippen molar-refractivity contribution in [2.45, 2.75) is 12.8 Å². The van der Waals surface area contributed by atoms with Crippen molar-refractivity contribution in [2.24, 2.45) is 0 Å². The molecule has 0 heterocycles. The first kappa shape index (κ1) is 16.6. The van der Waals surface area contributed by atoms with Gasteiger partial charge in [0.2, 0.25) is 0 Å². The molecule has 0 aromatic heterocycles. The van der Waals surface area contributed by atoms with E-state index in [0.29, 0.717) is 0 Å². The van der Waals surface area contributed by atoms with Crippen LogP contribution in [0.25, 0.3) is 0 Å². The van der Waals surface area contributed by atoms with Crippen molar-refractivity contribution in [3.8, 4) is 5.75 Å². The molecule has 6 nitrogen and oxygen atoms in total. The molecule has 0 radical (unpaired) electrons. The fraction of sp³-hybridized carbons (Fsp3) is 0.417. The highest BCUT2D eigenvalue weighted by Crippen LogP contribution is 2.51. The van der Waals surface area contributed by atoms with E-state index in [0.717, 1.165) is 0 Å². The number of hydrogen-bond donors (Lipinski definition) is 0. The van der Waals surface area contributed by atoms with E-state index in [1.54, 1.807) is 6.07 Å². The maximum absolute atomic E-state index is 13.2. The van der Waals surface area contributed by atoms with Crippen LogP contribution in [0.15, 0.2) is 24.3 Å². The lowest BCUT2D eigenvalue weighted by Gasteiger charge is -2.20. The van der Waals surface area contributed by atoms with Gasteiger partial charge >= 0.3 is 13.6 Å². The Kier molecular flexibility index (Phi) is 6.13. The predicted molar refractivity (Wildman–Crippen MR) is 69.1 cm³/mol. The Morgan fingerprint density at radius 2 is 1.90 bits per heavy atom. The van der Waals surface area contributed by atoms with E-state index in [1.807, 2.05) is 0 Å². The molecule has 112 valence electrons. The molecule has 1 atom stereocenters. The smallest absolute Gasteiger partial charge is 0.370 e. The van der Waals surface area contributed by atoms with Gasteiger partial charge in [-0.1, -0.05) is 12.1 Å². The lowest BCUT2D eigenvalue weighted by molar-refractivity contribution is -0.148. The largest absolute Gasteiger partial charge is 0.479 e. The van der Waals surface area contributed by atoms with Gasteiger partial charge in [0.05, 0.1) is 0 Å². The summed E-state index contributed by atoms with van der Waals surface area (Å²) in [6.07, 6.45) is 0. The second kappa shape index (κ2) is 7.38. The van der Waals surface area contributed by atoms with Gasteiger partial charge in [0, 0.05) is 14.2 Å². The van der Waals surface area contributed by atoms with E-state index in [4.69, 9.17) is 9.47 Å². The van der Waals surface area contributed by atoms with Crippen LogP contribution < -0.4 is 4.74 Å². The standard InChI is InChI=1S/C12H16FO6P/c1-9(20(15,16-2)17-3)19-12(14)8-18-11-7-5-4-6-10(11)13/h4-7,9H,8H2,1-3H3/t9-/m0/s1. The summed E-state index contributed by atoms with van der Waals surface area (Å²) in [5.74, 6) is -2.56. The molecule has 0 aliphatic carbocycles. The molecule has 0 aliphatic heterocycles. The molecule has 0 saturated heterocycles. The third-order valence-electron chi connectivity index (χ3n) is 2.44. The third-order valence-corrected chi connectivity index (χ3v) is 4.45. The van der Waals surface area contributed by atoms with Crippen LogP contribution in [0.3, 0.4) is 0 Å². The van der Waals surface area contributed by atoms with Crippen LogP contribution in [0.2, 0.25) is 0 Å². The van der Waals surface area contributed by atoms with E-state index in [-0.39, 0.29) is 5.75 Å². The Hall–Kier alpha value is -1.43. The maximum Gasteiger partial charge on any atom is 0.370 e. The Bertz CT molecular complexity index is 498. The summed E-state index contributed by atoms with van der Waals surface area (Å²) in [4.78, 5) is 11.5. The van der Waals surface area contributed by atoms with Crippen LogP contribution in [0.1, 0.15) is 6.92 Å². The molecule has 0 amide bonds. The fourth-order valence-corrected chi connectivity index (χ4v) is 2.35. The minimum atomic E-state index is -3.50. The first-order valence-electron chi connectivity index (χ1n) is 5.71. The van der Waals surface area contributed by atoms with E-state index in [9.17, 15) is 13.8 Å². The number of esters is 1. The lowest BCUT2D eigenvalue weighted by Crippen LogP contribution is -2.22. The molecule has 0 unspecified atom stereocenters. The Labute approximate surface area is 116 Å². The summed E-state index contributed by atoms with van der Waals surface area (Å²) in [5.41, 5.74) is 0. The zero-order valence-corrected chi connectivity index (χ0v) is 12.3. The Balaban J connectivity index is 2.53. The van der Waals surface area contributed by atoms with Gasteiger partial charge in [-0.3, -0.25) is 4.57 Å². The van der Waals surface area contributed by atoms with E-state index in [1.165, 1.54) is 39.3 Å². The second-order valence-corrected chi connectivity index (χ2v) is 6.25. The van der Waals surface area contributed by atoms with Crippen molar-refractivity contribution in [1.29, 1.82) is 0 Å². The highest BCUT2D eigenvalue weighted by atomic mass is 31.2. The van der Waals surface area contributed by atoms with Crippen LogP contribution in [0, 0.1) is 5.82 Å². The zero-order chi connectivity index (χ0) is 15.2. The SMILES string of the molecule is COP(=O)(OC)[C@@H](C)OC(=O)COc1ccccc1F. The summed E-state index contributed by atoms with van der Waals surface area (Å²) in [5, 5.41) is 0. The van der Waals surface area contributed by atoms with E-state index >= 15 is 0 Å². The Morgan fingerprint density at radius 3 is 2.45 bits per heavy atom. The minimum Gasteiger partial charge on any atom is -0.479 e. The summed E-state index contributed by atoms with van der Waals surface area (Å²) in [6, 6.07) is 5.64. The zero-order valence-electron chi connectivity index (χ0n) is 11.4. The molecule has 0 aliphatic rings. The Morgan fingerprint density at radius 1 is 1.30 bits per heavy atom. The number of carbonyl (C=O) groups excluding carboxylic acids is 1. The number of ether oxygens (including phenoxy) is 2. The van der Waals surface area contributed by atoms with Crippen molar-refractivity contribution in [3.05, 3.63) is 30.1 Å². The van der Waals surface area contributed by atoms with Gasteiger partial charge in [-0.25, -0.2) is 9.18 Å². The van der Waals surface area contributed by atoms with E-state index < -0.39 is 31.8 Å². The molecule has 0 bridgehead atoms. The summed E-state index contributed by atoms with van der Waals surface area (Å²) in [6.45, 7) is 0.855. The molecule has 1 rings (SSSR count).